The van der Waals surface area contributed by atoms with Crippen molar-refractivity contribution in [2.75, 3.05) is 38.5 Å². The van der Waals surface area contributed by atoms with Gasteiger partial charge in [0.05, 0.1) is 0 Å². The molecule has 0 radical (unpaired) electrons. The van der Waals surface area contributed by atoms with Crippen LogP contribution in [0.3, 0.4) is 0 Å². The molecule has 0 bridgehead atoms. The van der Waals surface area contributed by atoms with Crippen LogP contribution < -0.4 is 20.3 Å². The third-order valence-corrected chi connectivity index (χ3v) is 15.1. The van der Waals surface area contributed by atoms with E-state index in [1.807, 2.05) is 0 Å². The van der Waals surface area contributed by atoms with Gasteiger partial charge in [-0.05, 0) is 12.8 Å². The van der Waals surface area contributed by atoms with Gasteiger partial charge in [-0.2, -0.15) is 9.03 Å². The molecule has 3 fully saturated rings. The van der Waals surface area contributed by atoms with Crippen molar-refractivity contribution in [1.82, 2.24) is 20.3 Å². The molecule has 4 aliphatic heterocycles. The van der Waals surface area contributed by atoms with Crippen LogP contribution in [-0.4, -0.2) is 38.5 Å². The van der Waals surface area contributed by atoms with E-state index < -0.39 is 22.2 Å². The van der Waals surface area contributed by atoms with Crippen LogP contribution in [0.4, 0.5) is 0 Å². The fourth-order valence-electron chi connectivity index (χ4n) is 2.91. The Morgan fingerprint density at radius 3 is 1.78 bits per heavy atom. The number of hydrogen-bond acceptors (Lipinski definition) is 7. The lowest BCUT2D eigenvalue weighted by Gasteiger charge is -2.31. The molecule has 4 rings (SSSR count). The smallest absolute Gasteiger partial charge is 0.213 e. The van der Waals surface area contributed by atoms with Crippen LogP contribution in [0.25, 0.3) is 0 Å². The molecule has 0 aliphatic carbocycles. The lowest BCUT2D eigenvalue weighted by atomic mass is 10.5. The van der Waals surface area contributed by atoms with E-state index >= 15 is 0 Å². The SMILES string of the molecule is C1CNP2(=NP3(=NP4(=N2)NCCN4)CCCN3)C1. The molecule has 0 aromatic heterocycles. The molecule has 102 valence electrons. The molecule has 0 aromatic carbocycles. The summed E-state index contributed by atoms with van der Waals surface area (Å²) in [6.07, 6.45) is 4.69. The molecule has 3 spiro atoms. The third-order valence-electron chi connectivity index (χ3n) is 3.66. The van der Waals surface area contributed by atoms with Crippen LogP contribution in [0.15, 0.2) is 13.5 Å². The van der Waals surface area contributed by atoms with Gasteiger partial charge < -0.3 is 0 Å². The molecule has 18 heavy (non-hydrogen) atoms. The van der Waals surface area contributed by atoms with Crippen molar-refractivity contribution in [2.24, 2.45) is 13.5 Å². The summed E-state index contributed by atoms with van der Waals surface area (Å²) in [5.41, 5.74) is 0. The Morgan fingerprint density at radius 2 is 1.22 bits per heavy atom. The van der Waals surface area contributed by atoms with Gasteiger partial charge in [0.1, 0.15) is 14.7 Å². The van der Waals surface area contributed by atoms with E-state index in [9.17, 15) is 0 Å². The van der Waals surface area contributed by atoms with Crippen molar-refractivity contribution in [1.29, 1.82) is 0 Å². The number of rotatable bonds is 0. The lowest BCUT2D eigenvalue weighted by Crippen LogP contribution is -2.12. The number of nitrogens with zero attached hydrogens (tertiary/aromatic N) is 3. The fourth-order valence-corrected chi connectivity index (χ4v) is 16.7. The molecular weight excluding hydrogens is 287 g/mol. The molecular formula is C8H20N7P3. The fraction of sp³-hybridized carbons (Fsp3) is 1.00. The Balaban J connectivity index is 1.92. The standard InChI is InChI=1S/C8H20N7P3/c1-3-9-16(7-1)13-17(8-2-4-10-17)15-18(14-16)11-5-6-12-18/h9-12H,1-8H2. The number of hydrogen-bond donors (Lipinski definition) is 4. The highest BCUT2D eigenvalue weighted by Gasteiger charge is 2.40. The molecule has 4 N–H and O–H groups in total. The Hall–Kier alpha value is 0.530. The normalized spacial score (nSPS) is 45.3. The molecule has 4 heterocycles. The minimum atomic E-state index is -1.84. The van der Waals surface area contributed by atoms with Gasteiger partial charge in [-0.1, -0.05) is 0 Å². The Labute approximate surface area is 108 Å². The second-order valence-electron chi connectivity index (χ2n) is 5.12. The molecule has 3 saturated heterocycles. The van der Waals surface area contributed by atoms with Crippen molar-refractivity contribution in [2.45, 2.75) is 12.8 Å². The quantitative estimate of drug-likeness (QED) is 0.517. The minimum absolute atomic E-state index is 0.987. The summed E-state index contributed by atoms with van der Waals surface area (Å²) in [6, 6.07) is 0. The monoisotopic (exact) mass is 307 g/mol. The lowest BCUT2D eigenvalue weighted by molar-refractivity contribution is 0.936. The van der Waals surface area contributed by atoms with E-state index in [2.05, 4.69) is 20.3 Å². The van der Waals surface area contributed by atoms with E-state index in [-0.39, 0.29) is 0 Å². The highest BCUT2D eigenvalue weighted by Crippen LogP contribution is 2.75. The van der Waals surface area contributed by atoms with E-state index in [1.165, 1.54) is 12.8 Å². The van der Waals surface area contributed by atoms with E-state index in [1.54, 1.807) is 0 Å². The van der Waals surface area contributed by atoms with Gasteiger partial charge in [0.2, 0.25) is 7.51 Å². The first-order valence-corrected chi connectivity index (χ1v) is 12.1. The zero-order chi connectivity index (χ0) is 12.1. The summed E-state index contributed by atoms with van der Waals surface area (Å²) in [7, 11) is -5.15. The first-order chi connectivity index (χ1) is 8.74. The second-order valence-corrected chi connectivity index (χ2v) is 13.5. The van der Waals surface area contributed by atoms with Crippen molar-refractivity contribution >= 4 is 22.2 Å². The average Bonchev–Trinajstić information content (AvgIpc) is 3.03. The maximum Gasteiger partial charge on any atom is 0.213 e. The Bertz CT molecular complexity index is 416. The van der Waals surface area contributed by atoms with Crippen molar-refractivity contribution in [3.05, 3.63) is 0 Å². The zero-order valence-electron chi connectivity index (χ0n) is 10.3. The molecule has 10 heteroatoms. The summed E-state index contributed by atoms with van der Waals surface area (Å²) in [4.78, 5) is 0. The molecule has 0 aromatic rings. The van der Waals surface area contributed by atoms with Gasteiger partial charge in [-0.15, -0.1) is 0 Å². The van der Waals surface area contributed by atoms with Crippen LogP contribution in [0.2, 0.25) is 0 Å². The Kier molecular flexibility index (Phi) is 2.91. The summed E-state index contributed by atoms with van der Waals surface area (Å²) in [5, 5.41) is 14.4. The van der Waals surface area contributed by atoms with Crippen molar-refractivity contribution in [3.63, 3.8) is 0 Å². The van der Waals surface area contributed by atoms with E-state index in [0.29, 0.717) is 0 Å². The largest absolute Gasteiger partial charge is 0.266 e. The average molecular weight is 307 g/mol. The Morgan fingerprint density at radius 1 is 0.611 bits per heavy atom. The van der Waals surface area contributed by atoms with E-state index in [4.69, 9.17) is 13.5 Å². The molecule has 4 aliphatic rings. The highest BCUT2D eigenvalue weighted by atomic mass is 31.3. The second kappa shape index (κ2) is 4.26. The van der Waals surface area contributed by atoms with Crippen molar-refractivity contribution < 1.29 is 0 Å². The van der Waals surface area contributed by atoms with Crippen LogP contribution >= 0.6 is 22.2 Å². The van der Waals surface area contributed by atoms with Crippen LogP contribution in [0, 0.1) is 0 Å². The van der Waals surface area contributed by atoms with Gasteiger partial charge in [-0.3, -0.25) is 20.3 Å². The van der Waals surface area contributed by atoms with Crippen LogP contribution in [-0.2, 0) is 0 Å². The summed E-state index contributed by atoms with van der Waals surface area (Å²) < 4.78 is 15.4. The summed E-state index contributed by atoms with van der Waals surface area (Å²) in [6.45, 7) is 4.11. The summed E-state index contributed by atoms with van der Waals surface area (Å²) >= 11 is 0. The maximum absolute atomic E-state index is 5.18. The van der Waals surface area contributed by atoms with Gasteiger partial charge in [0, 0.05) is 38.5 Å². The van der Waals surface area contributed by atoms with Crippen molar-refractivity contribution in [3.8, 4) is 0 Å². The van der Waals surface area contributed by atoms with Gasteiger partial charge in [0.15, 0.2) is 0 Å². The van der Waals surface area contributed by atoms with Gasteiger partial charge >= 0.3 is 0 Å². The van der Waals surface area contributed by atoms with Gasteiger partial charge in [0.25, 0.3) is 0 Å². The molecule has 2 atom stereocenters. The third kappa shape index (κ3) is 1.92. The molecule has 0 amide bonds. The highest BCUT2D eigenvalue weighted by molar-refractivity contribution is 7.85. The topological polar surface area (TPSA) is 85.2 Å². The van der Waals surface area contributed by atoms with Crippen LogP contribution in [0.5, 0.6) is 0 Å². The predicted molar refractivity (Wildman–Crippen MR) is 79.0 cm³/mol. The molecule has 7 nitrogen and oxygen atoms in total. The summed E-state index contributed by atoms with van der Waals surface area (Å²) in [5.74, 6) is 0. The minimum Gasteiger partial charge on any atom is -0.266 e. The number of nitrogens with one attached hydrogen (secondary N) is 4. The maximum atomic E-state index is 5.18. The predicted octanol–water partition coefficient (Wildman–Crippen LogP) is 2.19. The molecule has 2 unspecified atom stereocenters. The molecule has 0 saturated carbocycles. The van der Waals surface area contributed by atoms with Crippen LogP contribution in [0.1, 0.15) is 12.8 Å². The van der Waals surface area contributed by atoms with E-state index in [0.717, 1.165) is 38.5 Å². The first kappa shape index (κ1) is 12.3. The first-order valence-electron chi connectivity index (χ1n) is 6.64. The van der Waals surface area contributed by atoms with Gasteiger partial charge in [-0.25, -0.2) is 4.52 Å². The zero-order valence-corrected chi connectivity index (χ0v) is 13.0.